The molecule has 1 unspecified atom stereocenters. The lowest BCUT2D eigenvalue weighted by molar-refractivity contribution is 0.251. The zero-order valence-corrected chi connectivity index (χ0v) is 13.4. The summed E-state index contributed by atoms with van der Waals surface area (Å²) in [6, 6.07) is 10.3. The zero-order valence-electron chi connectivity index (χ0n) is 12.6. The lowest BCUT2D eigenvalue weighted by atomic mass is 9.96. The van der Waals surface area contributed by atoms with Crippen LogP contribution in [0.3, 0.4) is 0 Å². The Hall–Kier alpha value is -2.90. The molecule has 2 aromatic carbocycles. The summed E-state index contributed by atoms with van der Waals surface area (Å²) < 4.78 is 16.9. The van der Waals surface area contributed by atoms with Crippen molar-refractivity contribution >= 4 is 22.6 Å². The summed E-state index contributed by atoms with van der Waals surface area (Å²) in [5.41, 5.74) is 1.57. The molecule has 0 saturated heterocycles. The van der Waals surface area contributed by atoms with Crippen LogP contribution in [0.15, 0.2) is 45.6 Å². The van der Waals surface area contributed by atoms with E-state index in [0.717, 1.165) is 5.56 Å². The van der Waals surface area contributed by atoms with Crippen molar-refractivity contribution in [1.82, 2.24) is 0 Å². The van der Waals surface area contributed by atoms with E-state index >= 15 is 0 Å². The van der Waals surface area contributed by atoms with E-state index in [2.05, 4.69) is 5.92 Å². The second kappa shape index (κ2) is 5.33. The summed E-state index contributed by atoms with van der Waals surface area (Å²) in [6.45, 7) is 0. The predicted molar refractivity (Wildman–Crippen MR) is 91.7 cm³/mol. The molecular formula is C19H11ClO4. The Bertz CT molecular complexity index is 1080. The third-order valence-corrected chi connectivity index (χ3v) is 4.22. The van der Waals surface area contributed by atoms with Crippen LogP contribution in [-0.2, 0) is 0 Å². The van der Waals surface area contributed by atoms with Gasteiger partial charge in [-0.2, -0.15) is 0 Å². The van der Waals surface area contributed by atoms with Crippen molar-refractivity contribution in [1.29, 1.82) is 0 Å². The molecular weight excluding hydrogens is 328 g/mol. The van der Waals surface area contributed by atoms with E-state index < -0.39 is 6.10 Å². The van der Waals surface area contributed by atoms with Crippen LogP contribution >= 0.6 is 11.6 Å². The molecule has 1 atom stereocenters. The highest BCUT2D eigenvalue weighted by atomic mass is 35.5. The largest absolute Gasteiger partial charge is 0.497 e. The quantitative estimate of drug-likeness (QED) is 0.624. The normalized spacial score (nSPS) is 15.1. The lowest BCUT2D eigenvalue weighted by Crippen LogP contribution is -2.19. The highest BCUT2D eigenvalue weighted by molar-refractivity contribution is 6.31. The molecule has 0 bridgehead atoms. The van der Waals surface area contributed by atoms with Crippen LogP contribution in [0.1, 0.15) is 11.7 Å². The van der Waals surface area contributed by atoms with Gasteiger partial charge in [0.2, 0.25) is 11.2 Å². The van der Waals surface area contributed by atoms with Gasteiger partial charge in [0.1, 0.15) is 11.3 Å². The summed E-state index contributed by atoms with van der Waals surface area (Å²) >= 11 is 5.98. The summed E-state index contributed by atoms with van der Waals surface area (Å²) in [5, 5.41) is 0.796. The number of hydrogen-bond donors (Lipinski definition) is 0. The smallest absolute Gasteiger partial charge is 0.235 e. The second-order valence-electron chi connectivity index (χ2n) is 5.35. The maximum absolute atomic E-state index is 12.8. The molecule has 4 rings (SSSR count). The van der Waals surface area contributed by atoms with Crippen molar-refractivity contribution in [2.24, 2.45) is 0 Å². The van der Waals surface area contributed by atoms with Crippen molar-refractivity contribution in [2.75, 3.05) is 7.11 Å². The number of ether oxygens (including phenoxy) is 2. The van der Waals surface area contributed by atoms with Crippen molar-refractivity contribution in [3.05, 3.63) is 57.2 Å². The molecule has 0 aliphatic carbocycles. The minimum absolute atomic E-state index is 0.0912. The maximum atomic E-state index is 12.8. The van der Waals surface area contributed by atoms with E-state index in [1.165, 1.54) is 0 Å². The van der Waals surface area contributed by atoms with E-state index in [1.807, 2.05) is 6.07 Å². The van der Waals surface area contributed by atoms with Gasteiger partial charge < -0.3 is 13.9 Å². The second-order valence-corrected chi connectivity index (χ2v) is 5.78. The van der Waals surface area contributed by atoms with Gasteiger partial charge in [0, 0.05) is 16.1 Å². The van der Waals surface area contributed by atoms with Gasteiger partial charge in [0.15, 0.2) is 11.9 Å². The Morgan fingerprint density at radius 2 is 2.08 bits per heavy atom. The number of methoxy groups -OCH3 is 1. The van der Waals surface area contributed by atoms with Crippen molar-refractivity contribution in [2.45, 2.75) is 6.10 Å². The number of terminal acetylenes is 1. The molecule has 118 valence electrons. The fourth-order valence-electron chi connectivity index (χ4n) is 2.83. The van der Waals surface area contributed by atoms with Gasteiger partial charge in [-0.25, -0.2) is 0 Å². The van der Waals surface area contributed by atoms with Crippen molar-refractivity contribution < 1.29 is 13.9 Å². The summed E-state index contributed by atoms with van der Waals surface area (Å²) in [4.78, 5) is 12.8. The first-order valence-electron chi connectivity index (χ1n) is 7.20. The summed E-state index contributed by atoms with van der Waals surface area (Å²) in [6.07, 6.45) is 4.90. The molecule has 24 heavy (non-hydrogen) atoms. The monoisotopic (exact) mass is 338 g/mol. The van der Waals surface area contributed by atoms with Crippen LogP contribution in [0.25, 0.3) is 22.3 Å². The molecule has 0 saturated carbocycles. The van der Waals surface area contributed by atoms with Crippen molar-refractivity contribution in [3.8, 4) is 35.2 Å². The van der Waals surface area contributed by atoms with Gasteiger partial charge >= 0.3 is 0 Å². The number of hydrogen-bond acceptors (Lipinski definition) is 4. The van der Waals surface area contributed by atoms with Crippen LogP contribution in [0.4, 0.5) is 0 Å². The molecule has 1 aromatic heterocycles. The minimum Gasteiger partial charge on any atom is -0.497 e. The highest BCUT2D eigenvalue weighted by Crippen LogP contribution is 2.43. The van der Waals surface area contributed by atoms with Crippen LogP contribution in [-0.4, -0.2) is 7.11 Å². The Morgan fingerprint density at radius 1 is 1.25 bits per heavy atom. The molecule has 0 spiro atoms. The van der Waals surface area contributed by atoms with Gasteiger partial charge in [0.25, 0.3) is 0 Å². The molecule has 1 aliphatic heterocycles. The Balaban J connectivity index is 2.09. The Morgan fingerprint density at radius 3 is 2.83 bits per heavy atom. The van der Waals surface area contributed by atoms with Gasteiger partial charge in [-0.3, -0.25) is 4.79 Å². The number of rotatable bonds is 1. The standard InChI is InChI=1S/C19H11ClO4/c1-3-15-12-6-5-11(22-2)9-13(12)18-19(23-15)17(21)14-8-10(20)4-7-16(14)24-18/h1,4-9,15H,2H3. The third-order valence-electron chi connectivity index (χ3n) is 3.99. The molecule has 0 fully saturated rings. The van der Waals surface area contributed by atoms with Gasteiger partial charge in [-0.15, -0.1) is 6.42 Å². The van der Waals surface area contributed by atoms with Gasteiger partial charge in [-0.05, 0) is 36.4 Å². The van der Waals surface area contributed by atoms with Crippen LogP contribution < -0.4 is 14.9 Å². The maximum Gasteiger partial charge on any atom is 0.235 e. The molecule has 2 heterocycles. The Labute approximate surface area is 142 Å². The topological polar surface area (TPSA) is 48.7 Å². The van der Waals surface area contributed by atoms with Crippen molar-refractivity contribution in [3.63, 3.8) is 0 Å². The Kier molecular flexibility index (Phi) is 3.26. The van der Waals surface area contributed by atoms with Crippen LogP contribution in [0, 0.1) is 12.3 Å². The first-order valence-corrected chi connectivity index (χ1v) is 7.57. The van der Waals surface area contributed by atoms with E-state index in [4.69, 9.17) is 31.9 Å². The van der Waals surface area contributed by atoms with Crippen LogP contribution in [0.2, 0.25) is 5.02 Å². The summed E-state index contributed by atoms with van der Waals surface area (Å²) in [5.74, 6) is 3.62. The fraction of sp³-hybridized carbons (Fsp3) is 0.105. The van der Waals surface area contributed by atoms with E-state index in [9.17, 15) is 4.79 Å². The van der Waals surface area contributed by atoms with Gasteiger partial charge in [-0.1, -0.05) is 17.5 Å². The molecule has 0 radical (unpaired) electrons. The molecule has 4 nitrogen and oxygen atoms in total. The number of fused-ring (bicyclic) bond motifs is 4. The lowest BCUT2D eigenvalue weighted by Gasteiger charge is -2.24. The highest BCUT2D eigenvalue weighted by Gasteiger charge is 2.30. The van der Waals surface area contributed by atoms with E-state index in [-0.39, 0.29) is 11.2 Å². The number of halogens is 1. The number of benzene rings is 2. The van der Waals surface area contributed by atoms with E-state index in [0.29, 0.717) is 33.1 Å². The molecule has 0 N–H and O–H groups in total. The molecule has 5 heteroatoms. The SMILES string of the molecule is C#CC1Oc2c(oc3ccc(Cl)cc3c2=O)-c2cc(OC)ccc21. The van der Waals surface area contributed by atoms with E-state index in [1.54, 1.807) is 37.4 Å². The first-order chi connectivity index (χ1) is 11.6. The molecule has 1 aliphatic rings. The average Bonchev–Trinajstić information content (AvgIpc) is 2.61. The molecule has 0 amide bonds. The van der Waals surface area contributed by atoms with Crippen LogP contribution in [0.5, 0.6) is 11.5 Å². The minimum atomic E-state index is -0.669. The first kappa shape index (κ1) is 14.7. The fourth-order valence-corrected chi connectivity index (χ4v) is 3.00. The summed E-state index contributed by atoms with van der Waals surface area (Å²) in [7, 11) is 1.57. The average molecular weight is 339 g/mol. The zero-order chi connectivity index (χ0) is 16.8. The predicted octanol–water partition coefficient (Wildman–Crippen LogP) is 4.19. The third kappa shape index (κ3) is 2.06. The molecule has 3 aromatic rings. The van der Waals surface area contributed by atoms with Gasteiger partial charge in [0.05, 0.1) is 12.5 Å².